The SMILES string of the molecule is CCCC1CCC2C(CCc3ccc(-c4ccc(OCC)c(F)c4F)cc3)CCC12. The molecule has 4 atom stereocenters. The number of ether oxygens (including phenoxy) is 1. The molecule has 162 valence electrons. The van der Waals surface area contributed by atoms with Crippen molar-refractivity contribution in [1.29, 1.82) is 0 Å². The van der Waals surface area contributed by atoms with E-state index < -0.39 is 11.6 Å². The largest absolute Gasteiger partial charge is 0.491 e. The van der Waals surface area contributed by atoms with Crippen molar-refractivity contribution in [3.05, 3.63) is 53.6 Å². The van der Waals surface area contributed by atoms with E-state index in [0.29, 0.717) is 12.2 Å². The lowest BCUT2D eigenvalue weighted by atomic mass is 9.85. The first-order valence-corrected chi connectivity index (χ1v) is 11.8. The molecule has 2 aliphatic carbocycles. The summed E-state index contributed by atoms with van der Waals surface area (Å²) in [7, 11) is 0. The van der Waals surface area contributed by atoms with Crippen LogP contribution in [0.4, 0.5) is 8.78 Å². The van der Waals surface area contributed by atoms with Gasteiger partial charge in [0, 0.05) is 5.56 Å². The highest BCUT2D eigenvalue weighted by molar-refractivity contribution is 5.65. The predicted octanol–water partition coefficient (Wildman–Crippen LogP) is 7.82. The van der Waals surface area contributed by atoms with Gasteiger partial charge in [0.1, 0.15) is 0 Å². The fourth-order valence-electron chi connectivity index (χ4n) is 6.15. The smallest absolute Gasteiger partial charge is 0.201 e. The molecule has 2 aromatic rings. The number of fused-ring (bicyclic) bond motifs is 1. The van der Waals surface area contributed by atoms with Crippen LogP contribution in [0, 0.1) is 35.3 Å². The Morgan fingerprint density at radius 2 is 1.47 bits per heavy atom. The van der Waals surface area contributed by atoms with Gasteiger partial charge in [-0.1, -0.05) is 44.0 Å². The molecule has 0 bridgehead atoms. The van der Waals surface area contributed by atoms with Crippen molar-refractivity contribution in [1.82, 2.24) is 0 Å². The lowest BCUT2D eigenvalue weighted by Crippen LogP contribution is -2.13. The second kappa shape index (κ2) is 9.49. The highest BCUT2D eigenvalue weighted by Crippen LogP contribution is 2.53. The second-order valence-electron chi connectivity index (χ2n) is 9.20. The molecule has 2 fully saturated rings. The van der Waals surface area contributed by atoms with Crippen molar-refractivity contribution in [2.75, 3.05) is 6.61 Å². The molecule has 2 saturated carbocycles. The zero-order chi connectivity index (χ0) is 21.1. The summed E-state index contributed by atoms with van der Waals surface area (Å²) >= 11 is 0. The molecule has 0 aromatic heterocycles. The van der Waals surface area contributed by atoms with E-state index in [9.17, 15) is 8.78 Å². The maximum atomic E-state index is 14.5. The van der Waals surface area contributed by atoms with Gasteiger partial charge in [-0.2, -0.15) is 4.39 Å². The minimum absolute atomic E-state index is 0.0293. The average molecular weight is 413 g/mol. The van der Waals surface area contributed by atoms with Crippen molar-refractivity contribution in [3.8, 4) is 16.9 Å². The van der Waals surface area contributed by atoms with Crippen molar-refractivity contribution in [2.24, 2.45) is 23.7 Å². The summed E-state index contributed by atoms with van der Waals surface area (Å²) in [5, 5.41) is 0. The van der Waals surface area contributed by atoms with E-state index in [1.165, 1.54) is 56.6 Å². The average Bonchev–Trinajstić information content (AvgIpc) is 3.34. The summed E-state index contributed by atoms with van der Waals surface area (Å²) in [6, 6.07) is 11.1. The maximum absolute atomic E-state index is 14.5. The Labute approximate surface area is 179 Å². The number of benzene rings is 2. The fraction of sp³-hybridized carbons (Fsp3) is 0.556. The molecule has 4 rings (SSSR count). The van der Waals surface area contributed by atoms with Gasteiger partial charge in [0.15, 0.2) is 11.6 Å². The molecule has 0 spiro atoms. The molecule has 0 N–H and O–H groups in total. The maximum Gasteiger partial charge on any atom is 0.201 e. The Kier molecular flexibility index (Phi) is 6.75. The summed E-state index contributed by atoms with van der Waals surface area (Å²) in [5.74, 6) is 2.00. The summed E-state index contributed by atoms with van der Waals surface area (Å²) in [6.07, 6.45) is 10.8. The van der Waals surface area contributed by atoms with Gasteiger partial charge in [-0.25, -0.2) is 4.39 Å². The molecule has 4 unspecified atom stereocenters. The third-order valence-corrected chi connectivity index (χ3v) is 7.58. The normalized spacial score (nSPS) is 25.5. The van der Waals surface area contributed by atoms with Gasteiger partial charge in [0.2, 0.25) is 5.82 Å². The van der Waals surface area contributed by atoms with Crippen LogP contribution in [0.15, 0.2) is 36.4 Å². The number of hydrogen-bond donors (Lipinski definition) is 0. The Hall–Kier alpha value is -1.90. The third kappa shape index (κ3) is 4.26. The fourth-order valence-corrected chi connectivity index (χ4v) is 6.15. The highest BCUT2D eigenvalue weighted by Gasteiger charge is 2.43. The number of halogens is 2. The Morgan fingerprint density at radius 1 is 0.800 bits per heavy atom. The minimum atomic E-state index is -0.910. The molecule has 0 amide bonds. The van der Waals surface area contributed by atoms with Crippen LogP contribution < -0.4 is 4.74 Å². The summed E-state index contributed by atoms with van der Waals surface area (Å²) < 4.78 is 33.8. The zero-order valence-corrected chi connectivity index (χ0v) is 18.3. The zero-order valence-electron chi connectivity index (χ0n) is 18.3. The van der Waals surface area contributed by atoms with Crippen LogP contribution in [-0.2, 0) is 6.42 Å². The molecule has 30 heavy (non-hydrogen) atoms. The first-order valence-electron chi connectivity index (χ1n) is 11.8. The van der Waals surface area contributed by atoms with Gasteiger partial charge in [0.25, 0.3) is 0 Å². The number of rotatable bonds is 8. The van der Waals surface area contributed by atoms with Crippen LogP contribution in [-0.4, -0.2) is 6.61 Å². The molecule has 0 radical (unpaired) electrons. The Bertz CT molecular complexity index is 845. The van der Waals surface area contributed by atoms with Gasteiger partial charge < -0.3 is 4.74 Å². The van der Waals surface area contributed by atoms with Gasteiger partial charge in [-0.15, -0.1) is 0 Å². The molecule has 0 heterocycles. The van der Waals surface area contributed by atoms with Crippen molar-refractivity contribution >= 4 is 0 Å². The standard InChI is InChI=1S/C27H34F2O/c1-3-5-19-12-14-23-20(13-15-22(19)23)9-6-18-7-10-21(11-8-18)24-16-17-25(30-4-2)27(29)26(24)28/h7-8,10-11,16-17,19-20,22-23H,3-6,9,12-15H2,1-2H3. The monoisotopic (exact) mass is 412 g/mol. The van der Waals surface area contributed by atoms with Gasteiger partial charge in [-0.3, -0.25) is 0 Å². The quantitative estimate of drug-likeness (QED) is 0.429. The molecule has 3 heteroatoms. The van der Waals surface area contributed by atoms with Gasteiger partial charge >= 0.3 is 0 Å². The summed E-state index contributed by atoms with van der Waals surface area (Å²) in [4.78, 5) is 0. The molecular formula is C27H34F2O. The number of hydrogen-bond acceptors (Lipinski definition) is 1. The van der Waals surface area contributed by atoms with Gasteiger partial charge in [-0.05, 0) is 92.4 Å². The number of aryl methyl sites for hydroxylation is 1. The van der Waals surface area contributed by atoms with E-state index in [4.69, 9.17) is 4.74 Å². The van der Waals surface area contributed by atoms with Crippen LogP contribution >= 0.6 is 0 Å². The molecule has 2 aliphatic rings. The lowest BCUT2D eigenvalue weighted by molar-refractivity contribution is 0.294. The molecule has 0 saturated heterocycles. The van der Waals surface area contributed by atoms with Crippen LogP contribution in [0.2, 0.25) is 0 Å². The van der Waals surface area contributed by atoms with Crippen LogP contribution in [0.5, 0.6) is 5.75 Å². The van der Waals surface area contributed by atoms with E-state index in [1.807, 2.05) is 12.1 Å². The molecule has 1 nitrogen and oxygen atoms in total. The first kappa shape index (κ1) is 21.3. The molecule has 0 aliphatic heterocycles. The van der Waals surface area contributed by atoms with E-state index in [-0.39, 0.29) is 11.3 Å². The van der Waals surface area contributed by atoms with Crippen LogP contribution in [0.25, 0.3) is 11.1 Å². The van der Waals surface area contributed by atoms with E-state index in [2.05, 4.69) is 19.1 Å². The van der Waals surface area contributed by atoms with Crippen molar-refractivity contribution in [3.63, 3.8) is 0 Å². The first-order chi connectivity index (χ1) is 14.6. The van der Waals surface area contributed by atoms with E-state index in [0.717, 1.165) is 30.1 Å². The van der Waals surface area contributed by atoms with Crippen LogP contribution in [0.1, 0.15) is 64.4 Å². The Balaban J connectivity index is 1.38. The van der Waals surface area contributed by atoms with E-state index in [1.54, 1.807) is 13.0 Å². The Morgan fingerprint density at radius 3 is 2.10 bits per heavy atom. The predicted molar refractivity (Wildman–Crippen MR) is 119 cm³/mol. The molecular weight excluding hydrogens is 378 g/mol. The minimum Gasteiger partial charge on any atom is -0.491 e. The van der Waals surface area contributed by atoms with Crippen LogP contribution in [0.3, 0.4) is 0 Å². The second-order valence-corrected chi connectivity index (χ2v) is 9.20. The third-order valence-electron chi connectivity index (χ3n) is 7.58. The summed E-state index contributed by atoms with van der Waals surface area (Å²) in [6.45, 7) is 4.38. The summed E-state index contributed by atoms with van der Waals surface area (Å²) in [5.41, 5.74) is 2.28. The van der Waals surface area contributed by atoms with Crippen molar-refractivity contribution < 1.29 is 13.5 Å². The highest BCUT2D eigenvalue weighted by atomic mass is 19.2. The molecule has 2 aromatic carbocycles. The van der Waals surface area contributed by atoms with Crippen molar-refractivity contribution in [2.45, 2.75) is 65.2 Å². The van der Waals surface area contributed by atoms with Gasteiger partial charge in [0.05, 0.1) is 6.61 Å². The topological polar surface area (TPSA) is 9.23 Å². The lowest BCUT2D eigenvalue weighted by Gasteiger charge is -2.20. The van der Waals surface area contributed by atoms with E-state index >= 15 is 0 Å².